The molecule has 13 heteroatoms. The van der Waals surface area contributed by atoms with Gasteiger partial charge in [0.15, 0.2) is 11.5 Å². The summed E-state index contributed by atoms with van der Waals surface area (Å²) in [6.07, 6.45) is 2.34. The number of benzene rings is 2. The highest BCUT2D eigenvalue weighted by Crippen LogP contribution is 2.30. The number of nitriles is 1. The number of carbonyl (C=O) groups is 1. The monoisotopic (exact) mass is 548 g/mol. The number of carbonyl (C=O) groups excluding carboxylic acids is 1. The number of rotatable bonds is 11. The number of nitrogens with zero attached hydrogens (tertiary/aromatic N) is 3. The van der Waals surface area contributed by atoms with Crippen molar-refractivity contribution in [2.75, 3.05) is 31.4 Å². The molecule has 3 rings (SSSR count). The zero-order chi connectivity index (χ0) is 26.1. The molecule has 188 valence electrons. The quantitative estimate of drug-likeness (QED) is 0.163. The molecule has 0 saturated heterocycles. The normalized spacial score (nSPS) is 11.4. The van der Waals surface area contributed by atoms with Crippen LogP contribution in [0.25, 0.3) is 6.08 Å². The lowest BCUT2D eigenvalue weighted by Crippen LogP contribution is -2.13. The van der Waals surface area contributed by atoms with E-state index in [1.165, 1.54) is 6.08 Å². The topological polar surface area (TPSA) is 140 Å². The van der Waals surface area contributed by atoms with Crippen molar-refractivity contribution in [2.45, 2.75) is 11.3 Å². The van der Waals surface area contributed by atoms with Crippen molar-refractivity contribution in [1.29, 1.82) is 5.26 Å². The minimum Gasteiger partial charge on any atom is -0.490 e. The van der Waals surface area contributed by atoms with Crippen molar-refractivity contribution in [3.05, 3.63) is 58.6 Å². The van der Waals surface area contributed by atoms with E-state index in [-0.39, 0.29) is 28.3 Å². The lowest BCUT2D eigenvalue weighted by molar-refractivity contribution is -0.112. The number of halogens is 1. The van der Waals surface area contributed by atoms with E-state index in [9.17, 15) is 18.5 Å². The molecule has 0 spiro atoms. The maximum atomic E-state index is 12.5. The Labute approximate surface area is 217 Å². The van der Waals surface area contributed by atoms with Crippen molar-refractivity contribution in [1.82, 2.24) is 10.2 Å². The van der Waals surface area contributed by atoms with Crippen LogP contribution < -0.4 is 19.5 Å². The summed E-state index contributed by atoms with van der Waals surface area (Å²) in [6.45, 7) is 2.66. The van der Waals surface area contributed by atoms with E-state index in [0.29, 0.717) is 45.8 Å². The van der Waals surface area contributed by atoms with Gasteiger partial charge in [-0.3, -0.25) is 10.1 Å². The van der Waals surface area contributed by atoms with E-state index in [4.69, 9.17) is 25.8 Å². The Hall–Kier alpha value is -3.66. The van der Waals surface area contributed by atoms with Crippen molar-refractivity contribution >= 4 is 49.9 Å². The summed E-state index contributed by atoms with van der Waals surface area (Å²) in [7, 11) is -3.56. The molecule has 0 aliphatic heterocycles. The van der Waals surface area contributed by atoms with Crippen LogP contribution in [0.15, 0.2) is 52.4 Å². The first kappa shape index (κ1) is 26.9. The number of hydrogen-bond donors (Lipinski definition) is 1. The maximum absolute atomic E-state index is 12.5. The van der Waals surface area contributed by atoms with E-state index < -0.39 is 15.7 Å². The molecule has 0 saturated carbocycles. The van der Waals surface area contributed by atoms with E-state index >= 15 is 0 Å². The summed E-state index contributed by atoms with van der Waals surface area (Å²) in [4.78, 5) is 12.5. The SMILES string of the molecule is CCOc1cc(C=C(C#N)C(=O)Nc2nnc(S(C)(=O)=O)s2)ccc1OCCOc1ccccc1Cl. The van der Waals surface area contributed by atoms with E-state index in [1.54, 1.807) is 30.3 Å². The molecule has 1 aromatic heterocycles. The molecule has 3 aromatic rings. The largest absolute Gasteiger partial charge is 0.490 e. The van der Waals surface area contributed by atoms with E-state index in [2.05, 4.69) is 15.5 Å². The van der Waals surface area contributed by atoms with Gasteiger partial charge in [-0.1, -0.05) is 41.1 Å². The smallest absolute Gasteiger partial charge is 0.268 e. The number of anilines is 1. The number of sulfone groups is 1. The van der Waals surface area contributed by atoms with Gasteiger partial charge in [0.05, 0.1) is 11.6 Å². The van der Waals surface area contributed by atoms with Crippen molar-refractivity contribution in [2.24, 2.45) is 0 Å². The van der Waals surface area contributed by atoms with Crippen molar-refractivity contribution in [3.63, 3.8) is 0 Å². The first-order valence-electron chi connectivity index (χ1n) is 10.4. The predicted octanol–water partition coefficient (Wildman–Crippen LogP) is 4.00. The Morgan fingerprint density at radius 2 is 1.83 bits per heavy atom. The fourth-order valence-corrected chi connectivity index (χ4v) is 4.45. The van der Waals surface area contributed by atoms with Crippen LogP contribution in [0.1, 0.15) is 12.5 Å². The van der Waals surface area contributed by atoms with Crippen LogP contribution in [0.5, 0.6) is 17.2 Å². The molecule has 0 bridgehead atoms. The highest BCUT2D eigenvalue weighted by atomic mass is 35.5. The Morgan fingerprint density at radius 1 is 1.11 bits per heavy atom. The first-order valence-corrected chi connectivity index (χ1v) is 13.5. The molecule has 1 heterocycles. The van der Waals surface area contributed by atoms with Gasteiger partial charge in [-0.05, 0) is 42.8 Å². The van der Waals surface area contributed by atoms with Gasteiger partial charge in [0.1, 0.15) is 30.6 Å². The van der Waals surface area contributed by atoms with Gasteiger partial charge in [-0.25, -0.2) is 8.42 Å². The van der Waals surface area contributed by atoms with Gasteiger partial charge in [0, 0.05) is 6.26 Å². The Kier molecular flexibility index (Phi) is 9.24. The van der Waals surface area contributed by atoms with Crippen LogP contribution in [0.3, 0.4) is 0 Å². The maximum Gasteiger partial charge on any atom is 0.268 e. The molecule has 0 fully saturated rings. The van der Waals surface area contributed by atoms with Gasteiger partial charge in [-0.2, -0.15) is 5.26 Å². The summed E-state index contributed by atoms with van der Waals surface area (Å²) in [6, 6.07) is 13.9. The van der Waals surface area contributed by atoms with Gasteiger partial charge < -0.3 is 14.2 Å². The third-order valence-corrected chi connectivity index (χ3v) is 7.14. The van der Waals surface area contributed by atoms with Crippen LogP contribution in [-0.2, 0) is 14.6 Å². The predicted molar refractivity (Wildman–Crippen MR) is 135 cm³/mol. The molecule has 0 aliphatic carbocycles. The highest BCUT2D eigenvalue weighted by molar-refractivity contribution is 7.92. The van der Waals surface area contributed by atoms with Crippen LogP contribution in [0.2, 0.25) is 5.02 Å². The Balaban J connectivity index is 1.68. The molecular formula is C23H21ClN4O6S2. The van der Waals surface area contributed by atoms with Gasteiger partial charge in [0.2, 0.25) is 19.3 Å². The molecule has 1 amide bonds. The molecule has 0 radical (unpaired) electrons. The average molecular weight is 549 g/mol. The number of para-hydroxylation sites is 1. The number of ether oxygens (including phenoxy) is 3. The summed E-state index contributed by atoms with van der Waals surface area (Å²) >= 11 is 6.76. The molecule has 1 N–H and O–H groups in total. The molecule has 0 aliphatic rings. The minimum atomic E-state index is -3.56. The summed E-state index contributed by atoms with van der Waals surface area (Å²) in [5, 5.41) is 19.5. The second-order valence-corrected chi connectivity index (χ2v) is 10.6. The molecule has 0 atom stereocenters. The van der Waals surface area contributed by atoms with Crippen LogP contribution in [-0.4, -0.2) is 50.6 Å². The number of hydrogen-bond acceptors (Lipinski definition) is 10. The fourth-order valence-electron chi connectivity index (χ4n) is 2.76. The van der Waals surface area contributed by atoms with E-state index in [1.807, 2.05) is 25.1 Å². The van der Waals surface area contributed by atoms with Crippen molar-refractivity contribution < 1.29 is 27.4 Å². The lowest BCUT2D eigenvalue weighted by atomic mass is 10.1. The van der Waals surface area contributed by atoms with Crippen LogP contribution in [0.4, 0.5) is 5.13 Å². The molecule has 2 aromatic carbocycles. The first-order chi connectivity index (χ1) is 17.2. The standard InChI is InChI=1S/C23H21ClN4O6S2/c1-3-32-20-13-15(8-9-19(20)34-11-10-33-18-7-5-4-6-17(18)24)12-16(14-25)21(29)26-22-27-28-23(35-22)36(2,30)31/h4-9,12-13H,3,10-11H2,1-2H3,(H,26,27,29). The molecular weight excluding hydrogens is 528 g/mol. The molecule has 0 unspecified atom stereocenters. The van der Waals surface area contributed by atoms with Gasteiger partial charge >= 0.3 is 0 Å². The van der Waals surface area contributed by atoms with E-state index in [0.717, 1.165) is 6.26 Å². The van der Waals surface area contributed by atoms with Gasteiger partial charge in [0.25, 0.3) is 5.91 Å². The fraction of sp³-hybridized carbons (Fsp3) is 0.217. The average Bonchev–Trinajstić information content (AvgIpc) is 3.31. The highest BCUT2D eigenvalue weighted by Gasteiger charge is 2.18. The zero-order valence-corrected chi connectivity index (χ0v) is 21.6. The summed E-state index contributed by atoms with van der Waals surface area (Å²) in [5.74, 6) is 0.672. The number of amides is 1. The van der Waals surface area contributed by atoms with Crippen LogP contribution >= 0.6 is 22.9 Å². The second-order valence-electron chi connectivity index (χ2n) is 7.04. The second kappa shape index (κ2) is 12.3. The molecule has 36 heavy (non-hydrogen) atoms. The minimum absolute atomic E-state index is 0.0423. The van der Waals surface area contributed by atoms with Crippen molar-refractivity contribution in [3.8, 4) is 23.3 Å². The summed E-state index contributed by atoms with van der Waals surface area (Å²) < 4.78 is 39.9. The Bertz CT molecular complexity index is 1420. The zero-order valence-electron chi connectivity index (χ0n) is 19.2. The molecule has 10 nitrogen and oxygen atoms in total. The summed E-state index contributed by atoms with van der Waals surface area (Å²) in [5.41, 5.74) is 0.286. The number of aromatic nitrogens is 2. The lowest BCUT2D eigenvalue weighted by Gasteiger charge is -2.13. The third kappa shape index (κ3) is 7.42. The van der Waals surface area contributed by atoms with Gasteiger partial charge in [-0.15, -0.1) is 10.2 Å². The van der Waals surface area contributed by atoms with Crippen LogP contribution in [0, 0.1) is 11.3 Å². The number of nitrogens with one attached hydrogen (secondary N) is 1. The third-order valence-electron chi connectivity index (χ3n) is 4.32. The Morgan fingerprint density at radius 3 is 2.47 bits per heavy atom.